The van der Waals surface area contributed by atoms with Gasteiger partial charge in [-0.2, -0.15) is 0 Å². The molecular formula is C16H23NO2. The molecule has 1 amide bonds. The van der Waals surface area contributed by atoms with Crippen LogP contribution in [0.4, 0.5) is 0 Å². The molecule has 1 aromatic carbocycles. The van der Waals surface area contributed by atoms with Crippen molar-refractivity contribution >= 4 is 12.0 Å². The Morgan fingerprint density at radius 3 is 2.53 bits per heavy atom. The summed E-state index contributed by atoms with van der Waals surface area (Å²) >= 11 is 0. The molecule has 0 saturated heterocycles. The van der Waals surface area contributed by atoms with Gasteiger partial charge in [-0.25, -0.2) is 0 Å². The van der Waals surface area contributed by atoms with Gasteiger partial charge in [0.2, 0.25) is 5.91 Å². The number of aliphatic hydroxyl groups is 1. The molecular weight excluding hydrogens is 238 g/mol. The van der Waals surface area contributed by atoms with Gasteiger partial charge >= 0.3 is 0 Å². The van der Waals surface area contributed by atoms with Crippen molar-refractivity contribution < 1.29 is 9.90 Å². The number of aliphatic hydroxyl groups excluding tert-OH is 1. The topological polar surface area (TPSA) is 49.3 Å². The van der Waals surface area contributed by atoms with E-state index >= 15 is 0 Å². The van der Waals surface area contributed by atoms with E-state index in [1.54, 1.807) is 6.08 Å². The fourth-order valence-electron chi connectivity index (χ4n) is 1.56. The van der Waals surface area contributed by atoms with Crippen molar-refractivity contribution in [2.45, 2.75) is 33.3 Å². The van der Waals surface area contributed by atoms with Crippen molar-refractivity contribution in [2.24, 2.45) is 5.41 Å². The van der Waals surface area contributed by atoms with Gasteiger partial charge in [-0.05, 0) is 23.5 Å². The lowest BCUT2D eigenvalue weighted by atomic mass is 9.87. The molecule has 0 aromatic heterocycles. The summed E-state index contributed by atoms with van der Waals surface area (Å²) in [5.41, 5.74) is 0.845. The Labute approximate surface area is 115 Å². The molecule has 104 valence electrons. The second kappa shape index (κ2) is 7.10. The Morgan fingerprint density at radius 2 is 1.95 bits per heavy atom. The average Bonchev–Trinajstić information content (AvgIpc) is 2.36. The van der Waals surface area contributed by atoms with Crippen molar-refractivity contribution in [1.29, 1.82) is 0 Å². The van der Waals surface area contributed by atoms with E-state index in [1.807, 2.05) is 51.1 Å². The van der Waals surface area contributed by atoms with Gasteiger partial charge in [-0.1, -0.05) is 51.1 Å². The van der Waals surface area contributed by atoms with Crippen molar-refractivity contribution in [3.8, 4) is 0 Å². The number of carbonyl (C=O) groups is 1. The summed E-state index contributed by atoms with van der Waals surface area (Å²) in [5.74, 6) is -0.134. The second-order valence-corrected chi connectivity index (χ2v) is 5.71. The smallest absolute Gasteiger partial charge is 0.244 e. The Morgan fingerprint density at radius 1 is 1.32 bits per heavy atom. The average molecular weight is 261 g/mol. The molecule has 0 saturated carbocycles. The van der Waals surface area contributed by atoms with Gasteiger partial charge in [0.25, 0.3) is 0 Å². The Bertz CT molecular complexity index is 418. The van der Waals surface area contributed by atoms with Gasteiger partial charge in [0.1, 0.15) is 0 Å². The maximum Gasteiger partial charge on any atom is 0.244 e. The quantitative estimate of drug-likeness (QED) is 0.800. The van der Waals surface area contributed by atoms with Crippen LogP contribution in [0.5, 0.6) is 0 Å². The van der Waals surface area contributed by atoms with Crippen molar-refractivity contribution in [3.05, 3.63) is 42.0 Å². The first-order chi connectivity index (χ1) is 8.89. The van der Waals surface area contributed by atoms with Crippen LogP contribution in [0.25, 0.3) is 6.08 Å². The molecule has 0 aliphatic heterocycles. The molecule has 1 aromatic rings. The van der Waals surface area contributed by atoms with Crippen molar-refractivity contribution in [2.75, 3.05) is 6.54 Å². The van der Waals surface area contributed by atoms with E-state index in [4.69, 9.17) is 0 Å². The number of benzene rings is 1. The minimum absolute atomic E-state index is 0.134. The molecule has 1 unspecified atom stereocenters. The van der Waals surface area contributed by atoms with Crippen LogP contribution in [-0.2, 0) is 4.79 Å². The number of carbonyl (C=O) groups excluding carboxylic acids is 1. The van der Waals surface area contributed by atoms with Crippen LogP contribution in [0, 0.1) is 5.41 Å². The summed E-state index contributed by atoms with van der Waals surface area (Å²) in [5, 5.41) is 12.6. The molecule has 0 aliphatic carbocycles. The second-order valence-electron chi connectivity index (χ2n) is 5.71. The molecule has 0 spiro atoms. The summed E-state index contributed by atoms with van der Waals surface area (Å²) < 4.78 is 0. The van der Waals surface area contributed by atoms with E-state index in [-0.39, 0.29) is 11.3 Å². The first kappa shape index (κ1) is 15.4. The summed E-state index contributed by atoms with van der Waals surface area (Å²) in [6.07, 6.45) is 3.44. The zero-order valence-corrected chi connectivity index (χ0v) is 11.9. The molecule has 2 N–H and O–H groups in total. The molecule has 1 atom stereocenters. The monoisotopic (exact) mass is 261 g/mol. The van der Waals surface area contributed by atoms with Crippen LogP contribution in [0.3, 0.4) is 0 Å². The highest BCUT2D eigenvalue weighted by atomic mass is 16.3. The number of rotatable bonds is 5. The molecule has 1 rings (SSSR count). The third kappa shape index (κ3) is 6.20. The van der Waals surface area contributed by atoms with Gasteiger partial charge in [-0.3, -0.25) is 4.79 Å². The summed E-state index contributed by atoms with van der Waals surface area (Å²) in [7, 11) is 0. The van der Waals surface area contributed by atoms with E-state index in [9.17, 15) is 9.90 Å². The first-order valence-corrected chi connectivity index (χ1v) is 6.58. The van der Waals surface area contributed by atoms with E-state index in [0.29, 0.717) is 13.0 Å². The minimum Gasteiger partial charge on any atom is -0.393 e. The zero-order chi connectivity index (χ0) is 14.3. The van der Waals surface area contributed by atoms with Crippen LogP contribution in [0.2, 0.25) is 0 Å². The molecule has 19 heavy (non-hydrogen) atoms. The van der Waals surface area contributed by atoms with Gasteiger partial charge in [0.05, 0.1) is 6.10 Å². The first-order valence-electron chi connectivity index (χ1n) is 6.58. The Kier molecular flexibility index (Phi) is 5.77. The Hall–Kier alpha value is -1.61. The van der Waals surface area contributed by atoms with Crippen molar-refractivity contribution in [3.63, 3.8) is 0 Å². The zero-order valence-electron chi connectivity index (χ0n) is 11.9. The largest absolute Gasteiger partial charge is 0.393 e. The van der Waals surface area contributed by atoms with Crippen LogP contribution >= 0.6 is 0 Å². The molecule has 3 heteroatoms. The van der Waals surface area contributed by atoms with Gasteiger partial charge in [-0.15, -0.1) is 0 Å². The normalized spacial score (nSPS) is 13.5. The van der Waals surface area contributed by atoms with Gasteiger partial charge < -0.3 is 10.4 Å². The highest BCUT2D eigenvalue weighted by Gasteiger charge is 2.21. The van der Waals surface area contributed by atoms with E-state index in [2.05, 4.69) is 5.32 Å². The molecule has 3 nitrogen and oxygen atoms in total. The third-order valence-corrected chi connectivity index (χ3v) is 2.94. The fraction of sp³-hybridized carbons (Fsp3) is 0.438. The van der Waals surface area contributed by atoms with E-state index in [0.717, 1.165) is 5.56 Å². The number of nitrogens with one attached hydrogen (secondary N) is 1. The van der Waals surface area contributed by atoms with Gasteiger partial charge in [0, 0.05) is 12.6 Å². The van der Waals surface area contributed by atoms with E-state index < -0.39 is 6.10 Å². The number of hydrogen-bond donors (Lipinski definition) is 2. The summed E-state index contributed by atoms with van der Waals surface area (Å²) in [6, 6.07) is 9.67. The lowest BCUT2D eigenvalue weighted by molar-refractivity contribution is -0.116. The number of amides is 1. The highest BCUT2D eigenvalue weighted by molar-refractivity contribution is 5.91. The molecule has 0 bridgehead atoms. The summed E-state index contributed by atoms with van der Waals surface area (Å²) in [4.78, 5) is 11.6. The molecule has 0 aliphatic rings. The van der Waals surface area contributed by atoms with Crippen LogP contribution in [0.1, 0.15) is 32.8 Å². The molecule has 0 heterocycles. The van der Waals surface area contributed by atoms with Crippen molar-refractivity contribution in [1.82, 2.24) is 5.32 Å². The highest BCUT2D eigenvalue weighted by Crippen LogP contribution is 2.20. The Balaban J connectivity index is 2.31. The van der Waals surface area contributed by atoms with Gasteiger partial charge in [0.15, 0.2) is 0 Å². The molecule has 0 fully saturated rings. The predicted molar refractivity (Wildman–Crippen MR) is 78.6 cm³/mol. The van der Waals surface area contributed by atoms with Crippen LogP contribution in [-0.4, -0.2) is 23.7 Å². The fourth-order valence-corrected chi connectivity index (χ4v) is 1.56. The predicted octanol–water partition coefficient (Wildman–Crippen LogP) is 2.61. The summed E-state index contributed by atoms with van der Waals surface area (Å²) in [6.45, 7) is 6.43. The lowest BCUT2D eigenvalue weighted by Gasteiger charge is -2.25. The number of hydrogen-bond acceptors (Lipinski definition) is 2. The minimum atomic E-state index is -0.411. The maximum atomic E-state index is 11.6. The van der Waals surface area contributed by atoms with Crippen LogP contribution < -0.4 is 5.32 Å². The van der Waals surface area contributed by atoms with Crippen LogP contribution in [0.15, 0.2) is 36.4 Å². The molecule has 0 radical (unpaired) electrons. The standard InChI is InChI=1S/C16H23NO2/c1-16(2,3)14(18)11-12-17-15(19)10-9-13-7-5-4-6-8-13/h4-10,14,18H,11-12H2,1-3H3,(H,17,19)/b10-9+. The maximum absolute atomic E-state index is 11.6. The SMILES string of the molecule is CC(C)(C)C(O)CCNC(=O)/C=C/c1ccccc1. The lowest BCUT2D eigenvalue weighted by Crippen LogP contribution is -2.31. The van der Waals surface area contributed by atoms with E-state index in [1.165, 1.54) is 6.08 Å². The third-order valence-electron chi connectivity index (χ3n) is 2.94.